The molecule has 0 radical (unpaired) electrons. The lowest BCUT2D eigenvalue weighted by Gasteiger charge is -2.13. The number of halogens is 2. The topological polar surface area (TPSA) is 67.4 Å². The molecule has 0 aliphatic heterocycles. The van der Waals surface area contributed by atoms with Crippen LogP contribution in [0.5, 0.6) is 0 Å². The zero-order valence-electron chi connectivity index (χ0n) is 11.5. The minimum absolute atomic E-state index is 0.00297. The van der Waals surface area contributed by atoms with Crippen LogP contribution in [0.2, 0.25) is 0 Å². The summed E-state index contributed by atoms with van der Waals surface area (Å²) in [6, 6.07) is 1.84. The summed E-state index contributed by atoms with van der Waals surface area (Å²) in [6.07, 6.45) is -0.356. The summed E-state index contributed by atoms with van der Waals surface area (Å²) >= 11 is 0. The van der Waals surface area contributed by atoms with Gasteiger partial charge in [-0.25, -0.2) is 21.9 Å². The van der Waals surface area contributed by atoms with Gasteiger partial charge in [-0.3, -0.25) is 0 Å². The van der Waals surface area contributed by atoms with E-state index in [2.05, 4.69) is 10.0 Å². The Kier molecular flexibility index (Phi) is 6.00. The Morgan fingerprint density at radius 1 is 1.35 bits per heavy atom. The van der Waals surface area contributed by atoms with E-state index in [1.54, 1.807) is 6.92 Å². The predicted molar refractivity (Wildman–Crippen MR) is 70.8 cm³/mol. The summed E-state index contributed by atoms with van der Waals surface area (Å²) in [5.74, 6) is -1.88. The van der Waals surface area contributed by atoms with E-state index in [4.69, 9.17) is 4.74 Å². The van der Waals surface area contributed by atoms with Gasteiger partial charge in [0, 0.05) is 25.8 Å². The number of hydrogen-bond acceptors (Lipinski definition) is 4. The second-order valence-electron chi connectivity index (χ2n) is 4.27. The van der Waals surface area contributed by atoms with Crippen molar-refractivity contribution in [2.75, 3.05) is 20.7 Å². The van der Waals surface area contributed by atoms with Gasteiger partial charge in [0.25, 0.3) is 0 Å². The molecule has 1 aromatic carbocycles. The Morgan fingerprint density at radius 2 is 2.00 bits per heavy atom. The molecule has 0 heterocycles. The average Bonchev–Trinajstić information content (AvgIpc) is 2.40. The van der Waals surface area contributed by atoms with Gasteiger partial charge in [0.15, 0.2) is 5.82 Å². The number of nitrogens with one attached hydrogen (secondary N) is 2. The summed E-state index contributed by atoms with van der Waals surface area (Å²) in [5, 5.41) is 2.59. The zero-order valence-corrected chi connectivity index (χ0v) is 12.4. The second kappa shape index (κ2) is 7.07. The maximum atomic E-state index is 14.1. The molecule has 0 aromatic heterocycles. The van der Waals surface area contributed by atoms with Gasteiger partial charge < -0.3 is 10.1 Å². The first kappa shape index (κ1) is 17.0. The Balaban J connectivity index is 3.09. The normalized spacial score (nSPS) is 13.4. The number of methoxy groups -OCH3 is 1. The standard InChI is InChI=1S/C12H18F2N2O3S/c1-8(19-3)6-16-20(17,18)11-5-4-10(13)9(7-15-2)12(11)14/h4-5,8,15-16H,6-7H2,1-3H3. The zero-order chi connectivity index (χ0) is 15.3. The monoisotopic (exact) mass is 308 g/mol. The molecule has 0 aliphatic rings. The fourth-order valence-corrected chi connectivity index (χ4v) is 2.73. The first-order chi connectivity index (χ1) is 9.33. The highest BCUT2D eigenvalue weighted by molar-refractivity contribution is 7.89. The third-order valence-electron chi connectivity index (χ3n) is 2.76. The molecular weight excluding hydrogens is 290 g/mol. The molecule has 0 bridgehead atoms. The lowest BCUT2D eigenvalue weighted by atomic mass is 10.2. The van der Waals surface area contributed by atoms with E-state index in [1.807, 2.05) is 0 Å². The van der Waals surface area contributed by atoms with Crippen LogP contribution in [-0.2, 0) is 21.3 Å². The maximum Gasteiger partial charge on any atom is 0.243 e. The highest BCUT2D eigenvalue weighted by Crippen LogP contribution is 2.20. The predicted octanol–water partition coefficient (Wildman–Crippen LogP) is 0.997. The maximum absolute atomic E-state index is 14.1. The second-order valence-corrected chi connectivity index (χ2v) is 6.00. The molecule has 1 aromatic rings. The van der Waals surface area contributed by atoms with Gasteiger partial charge in [-0.15, -0.1) is 0 Å². The third-order valence-corrected chi connectivity index (χ3v) is 4.20. The molecule has 5 nitrogen and oxygen atoms in total. The van der Waals surface area contributed by atoms with Crippen molar-refractivity contribution >= 4 is 10.0 Å². The van der Waals surface area contributed by atoms with Crippen molar-refractivity contribution in [3.05, 3.63) is 29.3 Å². The van der Waals surface area contributed by atoms with Gasteiger partial charge in [0.05, 0.1) is 6.10 Å². The Morgan fingerprint density at radius 3 is 2.55 bits per heavy atom. The van der Waals surface area contributed by atoms with Crippen molar-refractivity contribution in [2.24, 2.45) is 0 Å². The molecule has 0 aliphatic carbocycles. The van der Waals surface area contributed by atoms with Crippen LogP contribution in [0, 0.1) is 11.6 Å². The molecule has 0 spiro atoms. The van der Waals surface area contributed by atoms with Crippen molar-refractivity contribution in [3.8, 4) is 0 Å². The first-order valence-corrected chi connectivity index (χ1v) is 7.45. The van der Waals surface area contributed by atoms with E-state index in [1.165, 1.54) is 14.2 Å². The molecule has 0 saturated carbocycles. The van der Waals surface area contributed by atoms with Crippen LogP contribution < -0.4 is 10.0 Å². The summed E-state index contributed by atoms with van der Waals surface area (Å²) < 4.78 is 58.7. The summed E-state index contributed by atoms with van der Waals surface area (Å²) in [7, 11) is -1.11. The van der Waals surface area contributed by atoms with Crippen molar-refractivity contribution in [3.63, 3.8) is 0 Å². The van der Waals surface area contributed by atoms with Gasteiger partial charge in [-0.05, 0) is 26.1 Å². The van der Waals surface area contributed by atoms with Gasteiger partial charge in [-0.2, -0.15) is 0 Å². The number of rotatable bonds is 7. The number of benzene rings is 1. The summed E-state index contributed by atoms with van der Waals surface area (Å²) in [4.78, 5) is -0.576. The van der Waals surface area contributed by atoms with Crippen LogP contribution in [-0.4, -0.2) is 35.2 Å². The van der Waals surface area contributed by atoms with Crippen LogP contribution in [0.15, 0.2) is 17.0 Å². The van der Waals surface area contributed by atoms with Gasteiger partial charge in [-0.1, -0.05) is 0 Å². The van der Waals surface area contributed by atoms with E-state index < -0.39 is 26.6 Å². The fraction of sp³-hybridized carbons (Fsp3) is 0.500. The summed E-state index contributed by atoms with van der Waals surface area (Å²) in [6.45, 7) is 1.56. The molecule has 1 rings (SSSR count). The Labute approximate surface area is 117 Å². The third kappa shape index (κ3) is 3.95. The highest BCUT2D eigenvalue weighted by Gasteiger charge is 2.23. The van der Waals surface area contributed by atoms with E-state index in [0.29, 0.717) is 0 Å². The molecule has 2 N–H and O–H groups in total. The molecule has 1 atom stereocenters. The van der Waals surface area contributed by atoms with E-state index in [0.717, 1.165) is 12.1 Å². The van der Waals surface area contributed by atoms with Gasteiger partial charge in [0.1, 0.15) is 10.7 Å². The van der Waals surface area contributed by atoms with Crippen LogP contribution >= 0.6 is 0 Å². The first-order valence-electron chi connectivity index (χ1n) is 5.97. The van der Waals surface area contributed by atoms with E-state index in [9.17, 15) is 17.2 Å². The van der Waals surface area contributed by atoms with Gasteiger partial charge in [0.2, 0.25) is 10.0 Å². The molecule has 0 fully saturated rings. The smallest absolute Gasteiger partial charge is 0.243 e. The lowest BCUT2D eigenvalue weighted by Crippen LogP contribution is -2.32. The molecular formula is C12H18F2N2O3S. The molecule has 20 heavy (non-hydrogen) atoms. The van der Waals surface area contributed by atoms with E-state index in [-0.39, 0.29) is 24.8 Å². The Bertz CT molecular complexity index is 564. The van der Waals surface area contributed by atoms with E-state index >= 15 is 0 Å². The van der Waals surface area contributed by atoms with Crippen LogP contribution in [0.4, 0.5) is 8.78 Å². The SMILES string of the molecule is CNCc1c(F)ccc(S(=O)(=O)NCC(C)OC)c1F. The summed E-state index contributed by atoms with van der Waals surface area (Å²) in [5.41, 5.74) is -0.310. The fourth-order valence-electron chi connectivity index (χ4n) is 1.51. The highest BCUT2D eigenvalue weighted by atomic mass is 32.2. The average molecular weight is 308 g/mol. The number of sulfonamides is 1. The molecule has 0 amide bonds. The molecule has 8 heteroatoms. The van der Waals surface area contributed by atoms with Gasteiger partial charge >= 0.3 is 0 Å². The lowest BCUT2D eigenvalue weighted by molar-refractivity contribution is 0.122. The van der Waals surface area contributed by atoms with Crippen LogP contribution in [0.1, 0.15) is 12.5 Å². The minimum atomic E-state index is -4.05. The minimum Gasteiger partial charge on any atom is -0.380 e. The van der Waals surface area contributed by atoms with Crippen molar-refractivity contribution < 1.29 is 21.9 Å². The van der Waals surface area contributed by atoms with Crippen LogP contribution in [0.25, 0.3) is 0 Å². The van der Waals surface area contributed by atoms with Crippen molar-refractivity contribution in [1.82, 2.24) is 10.0 Å². The number of hydrogen-bond donors (Lipinski definition) is 2. The molecule has 1 unspecified atom stereocenters. The van der Waals surface area contributed by atoms with Crippen LogP contribution in [0.3, 0.4) is 0 Å². The molecule has 0 saturated heterocycles. The Hall–Kier alpha value is -1.09. The van der Waals surface area contributed by atoms with Crippen molar-refractivity contribution in [2.45, 2.75) is 24.5 Å². The quantitative estimate of drug-likeness (QED) is 0.788. The van der Waals surface area contributed by atoms with Crippen molar-refractivity contribution in [1.29, 1.82) is 0 Å². The largest absolute Gasteiger partial charge is 0.380 e. The molecule has 114 valence electrons. The number of ether oxygens (including phenoxy) is 1.